The lowest BCUT2D eigenvalue weighted by atomic mass is 10.2. The zero-order valence-corrected chi connectivity index (χ0v) is 17.0. The summed E-state index contributed by atoms with van der Waals surface area (Å²) in [5.74, 6) is 1.50. The Kier molecular flexibility index (Phi) is 5.98. The average molecular weight is 402 g/mol. The van der Waals surface area contributed by atoms with Crippen LogP contribution in [-0.2, 0) is 0 Å². The smallest absolute Gasteiger partial charge is 0.260 e. The molecule has 0 radical (unpaired) electrons. The molecule has 0 aliphatic carbocycles. The van der Waals surface area contributed by atoms with E-state index in [1.54, 1.807) is 43.8 Å². The molecule has 140 valence electrons. The van der Waals surface area contributed by atoms with Crippen LogP contribution in [0, 0.1) is 6.92 Å². The highest BCUT2D eigenvalue weighted by atomic mass is 32.2. The van der Waals surface area contributed by atoms with Gasteiger partial charge in [-0.2, -0.15) is 0 Å². The molecule has 0 atom stereocenters. The Balaban J connectivity index is 1.98. The number of rotatable bonds is 6. The third kappa shape index (κ3) is 4.06. The SMILES string of the molecule is COc1ccc(OC)c(NC(=O)c2c(C)nc(-c3cccs3)nc2SC)c1. The molecular weight excluding hydrogens is 382 g/mol. The molecular formula is C19H19N3O3S2. The second kappa shape index (κ2) is 8.41. The van der Waals surface area contributed by atoms with Crippen molar-refractivity contribution in [3.05, 3.63) is 47.0 Å². The molecule has 1 amide bonds. The van der Waals surface area contributed by atoms with Crippen LogP contribution >= 0.6 is 23.1 Å². The van der Waals surface area contributed by atoms with E-state index in [4.69, 9.17) is 9.47 Å². The van der Waals surface area contributed by atoms with Crippen molar-refractivity contribution in [3.8, 4) is 22.2 Å². The zero-order chi connectivity index (χ0) is 19.4. The van der Waals surface area contributed by atoms with Gasteiger partial charge in [-0.05, 0) is 36.8 Å². The van der Waals surface area contributed by atoms with E-state index in [0.717, 1.165) is 4.88 Å². The summed E-state index contributed by atoms with van der Waals surface area (Å²) >= 11 is 2.98. The first kappa shape index (κ1) is 19.2. The van der Waals surface area contributed by atoms with Crippen molar-refractivity contribution in [2.75, 3.05) is 25.8 Å². The zero-order valence-electron chi connectivity index (χ0n) is 15.4. The number of nitrogens with zero attached hydrogens (tertiary/aromatic N) is 2. The van der Waals surface area contributed by atoms with Crippen LogP contribution in [-0.4, -0.2) is 36.4 Å². The second-order valence-electron chi connectivity index (χ2n) is 5.51. The van der Waals surface area contributed by atoms with Crippen molar-refractivity contribution in [1.29, 1.82) is 0 Å². The van der Waals surface area contributed by atoms with Crippen LogP contribution in [0.4, 0.5) is 5.69 Å². The van der Waals surface area contributed by atoms with Crippen LogP contribution in [0.5, 0.6) is 11.5 Å². The van der Waals surface area contributed by atoms with Crippen molar-refractivity contribution in [2.45, 2.75) is 11.9 Å². The van der Waals surface area contributed by atoms with Crippen LogP contribution < -0.4 is 14.8 Å². The number of carbonyl (C=O) groups excluding carboxylic acids is 1. The molecule has 3 aromatic rings. The minimum Gasteiger partial charge on any atom is -0.497 e. The Morgan fingerprint density at radius 1 is 1.19 bits per heavy atom. The highest BCUT2D eigenvalue weighted by Gasteiger charge is 2.20. The minimum atomic E-state index is -0.291. The van der Waals surface area contributed by atoms with E-state index in [1.807, 2.05) is 30.7 Å². The third-order valence-corrected chi connectivity index (χ3v) is 5.42. The molecule has 0 bridgehead atoms. The Bertz CT molecular complexity index is 959. The van der Waals surface area contributed by atoms with Crippen molar-refractivity contribution >= 4 is 34.7 Å². The number of ether oxygens (including phenoxy) is 2. The highest BCUT2D eigenvalue weighted by Crippen LogP contribution is 2.31. The van der Waals surface area contributed by atoms with Gasteiger partial charge in [0, 0.05) is 6.07 Å². The Hall–Kier alpha value is -2.58. The molecule has 0 saturated carbocycles. The van der Waals surface area contributed by atoms with Gasteiger partial charge in [0.1, 0.15) is 16.5 Å². The number of aryl methyl sites for hydroxylation is 1. The topological polar surface area (TPSA) is 73.3 Å². The largest absolute Gasteiger partial charge is 0.497 e. The second-order valence-corrected chi connectivity index (χ2v) is 7.26. The molecule has 2 heterocycles. The van der Waals surface area contributed by atoms with E-state index in [1.165, 1.54) is 11.8 Å². The van der Waals surface area contributed by atoms with Crippen LogP contribution in [0.25, 0.3) is 10.7 Å². The number of hydrogen-bond donors (Lipinski definition) is 1. The van der Waals surface area contributed by atoms with Gasteiger partial charge in [0.2, 0.25) is 0 Å². The molecule has 0 fully saturated rings. The Labute approximate surface area is 166 Å². The summed E-state index contributed by atoms with van der Waals surface area (Å²) in [6, 6.07) is 9.14. The summed E-state index contributed by atoms with van der Waals surface area (Å²) in [6.45, 7) is 1.82. The summed E-state index contributed by atoms with van der Waals surface area (Å²) in [5, 5.41) is 5.49. The van der Waals surface area contributed by atoms with E-state index in [-0.39, 0.29) is 5.91 Å². The lowest BCUT2D eigenvalue weighted by Gasteiger charge is -2.14. The van der Waals surface area contributed by atoms with Gasteiger partial charge in [-0.15, -0.1) is 23.1 Å². The van der Waals surface area contributed by atoms with E-state index < -0.39 is 0 Å². The number of anilines is 1. The van der Waals surface area contributed by atoms with Gasteiger partial charge in [0.15, 0.2) is 5.82 Å². The third-order valence-electron chi connectivity index (χ3n) is 3.87. The monoisotopic (exact) mass is 401 g/mol. The van der Waals surface area contributed by atoms with Crippen molar-refractivity contribution in [1.82, 2.24) is 9.97 Å². The van der Waals surface area contributed by atoms with Crippen molar-refractivity contribution < 1.29 is 14.3 Å². The van der Waals surface area contributed by atoms with E-state index in [0.29, 0.717) is 39.3 Å². The number of benzene rings is 1. The first-order valence-electron chi connectivity index (χ1n) is 8.07. The van der Waals surface area contributed by atoms with E-state index in [2.05, 4.69) is 15.3 Å². The maximum absolute atomic E-state index is 13.0. The highest BCUT2D eigenvalue weighted by molar-refractivity contribution is 7.98. The predicted molar refractivity (Wildman–Crippen MR) is 109 cm³/mol. The Morgan fingerprint density at radius 3 is 2.63 bits per heavy atom. The Morgan fingerprint density at radius 2 is 2.00 bits per heavy atom. The van der Waals surface area contributed by atoms with Crippen LogP contribution in [0.2, 0.25) is 0 Å². The maximum atomic E-state index is 13.0. The molecule has 0 saturated heterocycles. The number of nitrogens with one attached hydrogen (secondary N) is 1. The maximum Gasteiger partial charge on any atom is 0.260 e. The molecule has 1 N–H and O–H groups in total. The fourth-order valence-corrected chi connectivity index (χ4v) is 3.85. The van der Waals surface area contributed by atoms with Crippen molar-refractivity contribution in [2.24, 2.45) is 0 Å². The average Bonchev–Trinajstić information content (AvgIpc) is 3.21. The molecule has 2 aromatic heterocycles. The van der Waals surface area contributed by atoms with Crippen LogP contribution in [0.15, 0.2) is 40.7 Å². The van der Waals surface area contributed by atoms with Gasteiger partial charge in [0.25, 0.3) is 5.91 Å². The van der Waals surface area contributed by atoms with Gasteiger partial charge < -0.3 is 14.8 Å². The van der Waals surface area contributed by atoms with Gasteiger partial charge >= 0.3 is 0 Å². The van der Waals surface area contributed by atoms with Crippen LogP contribution in [0.3, 0.4) is 0 Å². The predicted octanol–water partition coefficient (Wildman–Crippen LogP) is 4.50. The molecule has 0 unspecified atom stereocenters. The first-order chi connectivity index (χ1) is 13.1. The number of amides is 1. The number of carbonyl (C=O) groups is 1. The number of methoxy groups -OCH3 is 2. The van der Waals surface area contributed by atoms with E-state index >= 15 is 0 Å². The van der Waals surface area contributed by atoms with E-state index in [9.17, 15) is 4.79 Å². The number of aromatic nitrogens is 2. The molecule has 0 spiro atoms. The summed E-state index contributed by atoms with van der Waals surface area (Å²) in [4.78, 5) is 23.1. The fourth-order valence-electron chi connectivity index (χ4n) is 2.57. The molecule has 0 aliphatic heterocycles. The summed E-state index contributed by atoms with van der Waals surface area (Å²) < 4.78 is 10.6. The molecule has 3 rings (SSSR count). The number of hydrogen-bond acceptors (Lipinski definition) is 7. The molecule has 8 heteroatoms. The number of thiophene rings is 1. The first-order valence-corrected chi connectivity index (χ1v) is 10.2. The molecule has 27 heavy (non-hydrogen) atoms. The summed E-state index contributed by atoms with van der Waals surface area (Å²) in [5.41, 5.74) is 1.60. The quantitative estimate of drug-likeness (QED) is 0.484. The molecule has 1 aromatic carbocycles. The molecule has 0 aliphatic rings. The minimum absolute atomic E-state index is 0.291. The van der Waals surface area contributed by atoms with Crippen LogP contribution in [0.1, 0.15) is 16.1 Å². The van der Waals surface area contributed by atoms with Gasteiger partial charge in [-0.25, -0.2) is 9.97 Å². The summed E-state index contributed by atoms with van der Waals surface area (Å²) in [7, 11) is 3.12. The normalized spacial score (nSPS) is 10.5. The van der Waals surface area contributed by atoms with Gasteiger partial charge in [-0.1, -0.05) is 6.07 Å². The van der Waals surface area contributed by atoms with Gasteiger partial charge in [-0.3, -0.25) is 4.79 Å². The van der Waals surface area contributed by atoms with Crippen molar-refractivity contribution in [3.63, 3.8) is 0 Å². The van der Waals surface area contributed by atoms with Gasteiger partial charge in [0.05, 0.1) is 36.0 Å². The summed E-state index contributed by atoms with van der Waals surface area (Å²) in [6.07, 6.45) is 1.89. The number of thioether (sulfide) groups is 1. The fraction of sp³-hybridized carbons (Fsp3) is 0.211. The lowest BCUT2D eigenvalue weighted by Crippen LogP contribution is -2.17. The molecule has 6 nitrogen and oxygen atoms in total. The lowest BCUT2D eigenvalue weighted by molar-refractivity contribution is 0.102. The standard InChI is InChI=1S/C19H19N3O3S2/c1-11-16(19(26-4)22-17(20-11)15-6-5-9-27-15)18(23)21-13-10-12(24-2)7-8-14(13)25-3/h5-10H,1-4H3,(H,21,23).